The van der Waals surface area contributed by atoms with Crippen molar-refractivity contribution in [1.82, 2.24) is 0 Å². The van der Waals surface area contributed by atoms with Gasteiger partial charge in [-0.25, -0.2) is 0 Å². The van der Waals surface area contributed by atoms with Crippen LogP contribution in [0.25, 0.3) is 32.7 Å². The number of aromatic nitrogens is 3. The van der Waals surface area contributed by atoms with Crippen LogP contribution in [0.2, 0.25) is 0 Å². The van der Waals surface area contributed by atoms with Gasteiger partial charge in [0.2, 0.25) is 16.6 Å². The van der Waals surface area contributed by atoms with E-state index in [0.717, 1.165) is 19.6 Å². The van der Waals surface area contributed by atoms with Crippen LogP contribution in [-0.4, -0.2) is 0 Å². The third-order valence-corrected chi connectivity index (χ3v) is 9.07. The van der Waals surface area contributed by atoms with Crippen molar-refractivity contribution in [2.24, 2.45) is 0 Å². The minimum Gasteiger partial charge on any atom is -0.194 e. The van der Waals surface area contributed by atoms with Crippen molar-refractivity contribution in [2.75, 3.05) is 0 Å². The molecule has 0 atom stereocenters. The molecule has 0 radical (unpaired) electrons. The van der Waals surface area contributed by atoms with E-state index in [1.165, 1.54) is 66.1 Å². The van der Waals surface area contributed by atoms with Gasteiger partial charge in [-0.3, -0.25) is 0 Å². The third kappa shape index (κ3) is 4.61. The number of benzene rings is 4. The molecule has 3 aromatic heterocycles. The first kappa shape index (κ1) is 26.0. The molecule has 4 aromatic carbocycles. The zero-order chi connectivity index (χ0) is 28.6. The van der Waals surface area contributed by atoms with E-state index in [1.54, 1.807) is 0 Å². The molecule has 3 nitrogen and oxygen atoms in total. The van der Waals surface area contributed by atoms with Crippen molar-refractivity contribution < 1.29 is 13.7 Å². The lowest BCUT2D eigenvalue weighted by molar-refractivity contribution is -0.664. The van der Waals surface area contributed by atoms with Crippen molar-refractivity contribution in [1.29, 1.82) is 0 Å². The standard InChI is InChI=1S/C39H36N3/c1-28-34(25-40-22-10-16-31-13-4-7-19-37(31)40)29(2)36(27-42-24-12-18-33-15-6-9-21-39(33)42)30(3)35(28)26-41-23-11-17-32-14-5-8-20-38(32)41/h4-24H,25-27H2,1-3H3/q+3. The van der Waals surface area contributed by atoms with Crippen LogP contribution in [-0.2, 0) is 19.6 Å². The second-order valence-corrected chi connectivity index (χ2v) is 11.4. The summed E-state index contributed by atoms with van der Waals surface area (Å²) in [6, 6.07) is 39.2. The van der Waals surface area contributed by atoms with E-state index >= 15 is 0 Å². The van der Waals surface area contributed by atoms with Crippen LogP contribution < -0.4 is 13.7 Å². The molecule has 0 N–H and O–H groups in total. The summed E-state index contributed by atoms with van der Waals surface area (Å²) in [7, 11) is 0. The largest absolute Gasteiger partial charge is 0.212 e. The number of fused-ring (bicyclic) bond motifs is 3. The topological polar surface area (TPSA) is 11.6 Å². The molecule has 0 aliphatic rings. The highest BCUT2D eigenvalue weighted by atomic mass is 15.0. The van der Waals surface area contributed by atoms with Crippen LogP contribution in [0.15, 0.2) is 128 Å². The fourth-order valence-corrected chi connectivity index (χ4v) is 6.69. The normalized spacial score (nSPS) is 11.5. The molecule has 7 aromatic rings. The van der Waals surface area contributed by atoms with Crippen molar-refractivity contribution in [3.8, 4) is 0 Å². The average molecular weight is 547 g/mol. The zero-order valence-electron chi connectivity index (χ0n) is 24.6. The number of hydrogen-bond donors (Lipinski definition) is 0. The molecule has 0 amide bonds. The Bertz CT molecular complexity index is 1830. The van der Waals surface area contributed by atoms with Crippen LogP contribution in [0.3, 0.4) is 0 Å². The zero-order valence-corrected chi connectivity index (χ0v) is 24.6. The Hall–Kier alpha value is -4.89. The highest BCUT2D eigenvalue weighted by Crippen LogP contribution is 2.28. The summed E-state index contributed by atoms with van der Waals surface area (Å²) < 4.78 is 7.22. The maximum atomic E-state index is 2.41. The van der Waals surface area contributed by atoms with E-state index in [9.17, 15) is 0 Å². The van der Waals surface area contributed by atoms with Crippen LogP contribution >= 0.6 is 0 Å². The van der Waals surface area contributed by atoms with Gasteiger partial charge in [0, 0.05) is 69.2 Å². The van der Waals surface area contributed by atoms with Crippen molar-refractivity contribution >= 4 is 32.7 Å². The van der Waals surface area contributed by atoms with Gasteiger partial charge in [-0.1, -0.05) is 36.4 Å². The SMILES string of the molecule is Cc1c(C[n+]2cccc3ccccc32)c(C)c(C[n+]2cccc3ccccc32)c(C)c1C[n+]1cccc2ccccc21. The van der Waals surface area contributed by atoms with Crippen LogP contribution in [0.4, 0.5) is 0 Å². The molecule has 0 spiro atoms. The first-order valence-electron chi connectivity index (χ1n) is 14.8. The van der Waals surface area contributed by atoms with Gasteiger partial charge in [0.1, 0.15) is 0 Å². The molecule has 3 heteroatoms. The molecule has 204 valence electrons. The van der Waals surface area contributed by atoms with Gasteiger partial charge in [0.05, 0.1) is 0 Å². The van der Waals surface area contributed by atoms with Crippen molar-refractivity contribution in [3.63, 3.8) is 0 Å². The Morgan fingerprint density at radius 3 is 0.929 bits per heavy atom. The van der Waals surface area contributed by atoms with Crippen molar-refractivity contribution in [2.45, 2.75) is 40.4 Å². The van der Waals surface area contributed by atoms with E-state index in [4.69, 9.17) is 0 Å². The predicted octanol–water partition coefficient (Wildman–Crippen LogP) is 7.08. The quantitative estimate of drug-likeness (QED) is 0.198. The van der Waals surface area contributed by atoms with Crippen LogP contribution in [0, 0.1) is 20.8 Å². The molecule has 0 fully saturated rings. The first-order chi connectivity index (χ1) is 20.6. The molecule has 7 rings (SSSR count). The highest BCUT2D eigenvalue weighted by molar-refractivity contribution is 5.76. The molecule has 42 heavy (non-hydrogen) atoms. The average Bonchev–Trinajstić information content (AvgIpc) is 3.03. The van der Waals surface area contributed by atoms with Crippen LogP contribution in [0.1, 0.15) is 33.4 Å². The van der Waals surface area contributed by atoms with Gasteiger partial charge in [-0.05, 0) is 73.9 Å². The summed E-state index contributed by atoms with van der Waals surface area (Å²) in [6.45, 7) is 9.49. The second kappa shape index (κ2) is 10.8. The monoisotopic (exact) mass is 546 g/mol. The predicted molar refractivity (Wildman–Crippen MR) is 170 cm³/mol. The van der Waals surface area contributed by atoms with Gasteiger partial charge in [-0.15, -0.1) is 0 Å². The number of rotatable bonds is 6. The smallest absolute Gasteiger partial charge is 0.194 e. The number of para-hydroxylation sites is 3. The minimum absolute atomic E-state index is 0.833. The maximum Gasteiger partial charge on any atom is 0.212 e. The fraction of sp³-hybridized carbons (Fsp3) is 0.154. The van der Waals surface area contributed by atoms with Crippen LogP contribution in [0.5, 0.6) is 0 Å². The fourth-order valence-electron chi connectivity index (χ4n) is 6.69. The number of pyridine rings is 3. The van der Waals surface area contributed by atoms with Crippen molar-refractivity contribution in [3.05, 3.63) is 161 Å². The lowest BCUT2D eigenvalue weighted by Gasteiger charge is -2.19. The molecule has 0 aliphatic carbocycles. The lowest BCUT2D eigenvalue weighted by atomic mass is 9.87. The number of hydrogen-bond acceptors (Lipinski definition) is 0. The lowest BCUT2D eigenvalue weighted by Crippen LogP contribution is -2.39. The summed E-state index contributed by atoms with van der Waals surface area (Å²) in [5, 5.41) is 3.79. The summed E-state index contributed by atoms with van der Waals surface area (Å²) >= 11 is 0. The second-order valence-electron chi connectivity index (χ2n) is 11.4. The van der Waals surface area contributed by atoms with E-state index < -0.39 is 0 Å². The van der Waals surface area contributed by atoms with Gasteiger partial charge >= 0.3 is 0 Å². The summed E-state index contributed by atoms with van der Waals surface area (Å²) in [6.07, 6.45) is 6.66. The van der Waals surface area contributed by atoms with E-state index in [-0.39, 0.29) is 0 Å². The molecule has 0 saturated heterocycles. The van der Waals surface area contributed by atoms with Gasteiger partial charge in [-0.2, -0.15) is 13.7 Å². The Balaban J connectivity index is 1.42. The molecular weight excluding hydrogens is 510 g/mol. The molecule has 0 unspecified atom stereocenters. The third-order valence-electron chi connectivity index (χ3n) is 9.07. The van der Waals surface area contributed by atoms with Gasteiger partial charge in [0.25, 0.3) is 0 Å². The van der Waals surface area contributed by atoms with Gasteiger partial charge in [0.15, 0.2) is 38.2 Å². The molecule has 0 bridgehead atoms. The highest BCUT2D eigenvalue weighted by Gasteiger charge is 2.25. The maximum absolute atomic E-state index is 2.41. The van der Waals surface area contributed by atoms with E-state index in [1.807, 2.05) is 0 Å². The number of nitrogens with zero attached hydrogens (tertiary/aromatic N) is 3. The summed E-state index contributed by atoms with van der Waals surface area (Å²) in [5.41, 5.74) is 12.2. The van der Waals surface area contributed by atoms with E-state index in [0.29, 0.717) is 0 Å². The summed E-state index contributed by atoms with van der Waals surface area (Å²) in [5.74, 6) is 0. The van der Waals surface area contributed by atoms with Gasteiger partial charge < -0.3 is 0 Å². The minimum atomic E-state index is 0.833. The van der Waals surface area contributed by atoms with E-state index in [2.05, 4.69) is 162 Å². The molecule has 0 aliphatic heterocycles. The molecule has 3 heterocycles. The Kier molecular flexibility index (Phi) is 6.71. The Morgan fingerprint density at radius 2 is 0.619 bits per heavy atom. The molecule has 0 saturated carbocycles. The summed E-state index contributed by atoms with van der Waals surface area (Å²) in [4.78, 5) is 0. The Morgan fingerprint density at radius 1 is 0.357 bits per heavy atom. The Labute approximate surface area is 247 Å². The first-order valence-corrected chi connectivity index (χ1v) is 14.8. The molecular formula is C39H36N3+3.